The summed E-state index contributed by atoms with van der Waals surface area (Å²) in [6, 6.07) is 0.537. The lowest BCUT2D eigenvalue weighted by Crippen LogP contribution is -2.40. The van der Waals surface area contributed by atoms with Crippen molar-refractivity contribution in [1.29, 1.82) is 0 Å². The Morgan fingerprint density at radius 3 is 2.26 bits per heavy atom. The summed E-state index contributed by atoms with van der Waals surface area (Å²) in [5, 5.41) is 3.44. The first kappa shape index (κ1) is 15.3. The summed E-state index contributed by atoms with van der Waals surface area (Å²) in [6.45, 7) is 2.93. The molecule has 0 heterocycles. The molecule has 4 heteroatoms. The van der Waals surface area contributed by atoms with Crippen molar-refractivity contribution in [3.63, 3.8) is 0 Å². The Balaban J connectivity index is 1.74. The molecule has 2 atom stereocenters. The Morgan fingerprint density at radius 2 is 1.58 bits per heavy atom. The van der Waals surface area contributed by atoms with Crippen molar-refractivity contribution in [2.24, 2.45) is 5.92 Å². The smallest absolute Gasteiger partial charge is 0.154 e. The lowest BCUT2D eigenvalue weighted by Gasteiger charge is -2.30. The maximum atomic E-state index is 12.3. The van der Waals surface area contributed by atoms with E-state index in [1.165, 1.54) is 32.1 Å². The minimum Gasteiger partial charge on any atom is -0.313 e. The minimum atomic E-state index is -2.86. The quantitative estimate of drug-likeness (QED) is 0.845. The second-order valence-corrected chi connectivity index (χ2v) is 8.85. The third kappa shape index (κ3) is 4.45. The van der Waals surface area contributed by atoms with Crippen molar-refractivity contribution >= 4 is 9.84 Å². The second-order valence-electron chi connectivity index (χ2n) is 6.45. The monoisotopic (exact) mass is 287 g/mol. The molecule has 2 aliphatic rings. The summed E-state index contributed by atoms with van der Waals surface area (Å²) in [6.07, 6.45) is 10.3. The van der Waals surface area contributed by atoms with Crippen LogP contribution < -0.4 is 5.32 Å². The molecule has 0 spiro atoms. The zero-order valence-electron chi connectivity index (χ0n) is 12.2. The third-order valence-electron chi connectivity index (χ3n) is 4.96. The summed E-state index contributed by atoms with van der Waals surface area (Å²) < 4.78 is 24.5. The highest BCUT2D eigenvalue weighted by Gasteiger charge is 2.27. The summed E-state index contributed by atoms with van der Waals surface area (Å²) in [5.74, 6) is 1.03. The zero-order chi connectivity index (χ0) is 13.7. The highest BCUT2D eigenvalue weighted by molar-refractivity contribution is 7.92. The van der Waals surface area contributed by atoms with E-state index in [9.17, 15) is 8.42 Å². The van der Waals surface area contributed by atoms with Crippen molar-refractivity contribution in [2.75, 3.05) is 12.3 Å². The van der Waals surface area contributed by atoms with Crippen LogP contribution in [0.3, 0.4) is 0 Å². The van der Waals surface area contributed by atoms with Gasteiger partial charge in [0.1, 0.15) is 0 Å². The van der Waals surface area contributed by atoms with Gasteiger partial charge in [-0.15, -0.1) is 0 Å². The van der Waals surface area contributed by atoms with E-state index in [-0.39, 0.29) is 5.25 Å². The molecule has 2 unspecified atom stereocenters. The minimum absolute atomic E-state index is 0.0492. The summed E-state index contributed by atoms with van der Waals surface area (Å²) in [4.78, 5) is 0. The van der Waals surface area contributed by atoms with Crippen LogP contribution in [0.1, 0.15) is 64.7 Å². The number of hydrogen-bond acceptors (Lipinski definition) is 3. The molecule has 112 valence electrons. The first-order valence-electron chi connectivity index (χ1n) is 8.04. The molecule has 0 radical (unpaired) electrons. The lowest BCUT2D eigenvalue weighted by atomic mass is 9.86. The van der Waals surface area contributed by atoms with Crippen LogP contribution in [0.4, 0.5) is 0 Å². The van der Waals surface area contributed by atoms with E-state index < -0.39 is 9.84 Å². The molecule has 0 aromatic rings. The normalized spacial score (nSPS) is 30.4. The average Bonchev–Trinajstić information content (AvgIpc) is 2.42. The Kier molecular flexibility index (Phi) is 5.70. The Bertz CT molecular complexity index is 360. The van der Waals surface area contributed by atoms with Crippen molar-refractivity contribution in [3.05, 3.63) is 0 Å². The molecule has 0 amide bonds. The topological polar surface area (TPSA) is 46.2 Å². The van der Waals surface area contributed by atoms with E-state index in [1.807, 2.05) is 0 Å². The molecule has 2 aliphatic carbocycles. The van der Waals surface area contributed by atoms with Gasteiger partial charge in [-0.2, -0.15) is 0 Å². The molecular weight excluding hydrogens is 258 g/mol. The van der Waals surface area contributed by atoms with E-state index in [0.717, 1.165) is 25.7 Å². The van der Waals surface area contributed by atoms with E-state index in [0.29, 0.717) is 24.3 Å². The summed E-state index contributed by atoms with van der Waals surface area (Å²) in [7, 11) is -2.86. The second kappa shape index (κ2) is 7.07. The molecule has 0 bridgehead atoms. The lowest BCUT2D eigenvalue weighted by molar-refractivity contribution is 0.285. The molecule has 0 aromatic heterocycles. The van der Waals surface area contributed by atoms with Crippen LogP contribution in [-0.4, -0.2) is 32.0 Å². The highest BCUT2D eigenvalue weighted by atomic mass is 32.2. The van der Waals surface area contributed by atoms with E-state index in [1.54, 1.807) is 0 Å². The van der Waals surface area contributed by atoms with Gasteiger partial charge in [0, 0.05) is 12.6 Å². The molecule has 3 nitrogen and oxygen atoms in total. The van der Waals surface area contributed by atoms with Gasteiger partial charge in [-0.05, 0) is 31.6 Å². The fraction of sp³-hybridized carbons (Fsp3) is 1.00. The van der Waals surface area contributed by atoms with Crippen molar-refractivity contribution in [2.45, 2.75) is 76.0 Å². The number of nitrogens with one attached hydrogen (secondary N) is 1. The van der Waals surface area contributed by atoms with Gasteiger partial charge in [-0.25, -0.2) is 8.42 Å². The summed E-state index contributed by atoms with van der Waals surface area (Å²) in [5.41, 5.74) is 0. The van der Waals surface area contributed by atoms with Gasteiger partial charge in [0.25, 0.3) is 0 Å². The molecule has 2 fully saturated rings. The molecular formula is C15H29NO2S. The van der Waals surface area contributed by atoms with Gasteiger partial charge in [0.2, 0.25) is 0 Å². The Morgan fingerprint density at radius 1 is 0.947 bits per heavy atom. The molecule has 0 aromatic carbocycles. The van der Waals surface area contributed by atoms with E-state index in [4.69, 9.17) is 0 Å². The van der Waals surface area contributed by atoms with Crippen molar-refractivity contribution in [3.8, 4) is 0 Å². The number of hydrogen-bond donors (Lipinski definition) is 1. The predicted molar refractivity (Wildman–Crippen MR) is 80.1 cm³/mol. The van der Waals surface area contributed by atoms with E-state index in [2.05, 4.69) is 12.2 Å². The van der Waals surface area contributed by atoms with Gasteiger partial charge in [0.15, 0.2) is 9.84 Å². The van der Waals surface area contributed by atoms with Crippen LogP contribution in [0.25, 0.3) is 0 Å². The first-order valence-corrected chi connectivity index (χ1v) is 9.76. The molecule has 0 saturated heterocycles. The Labute approximate surface area is 118 Å². The van der Waals surface area contributed by atoms with Gasteiger partial charge < -0.3 is 5.32 Å². The molecule has 19 heavy (non-hydrogen) atoms. The predicted octanol–water partition coefficient (Wildman–Crippen LogP) is 2.90. The van der Waals surface area contributed by atoms with Crippen LogP contribution in [0.5, 0.6) is 0 Å². The molecule has 1 N–H and O–H groups in total. The fourth-order valence-corrected chi connectivity index (χ4v) is 5.38. The van der Waals surface area contributed by atoms with Gasteiger partial charge in [-0.1, -0.05) is 39.0 Å². The highest BCUT2D eigenvalue weighted by Crippen LogP contribution is 2.25. The zero-order valence-corrected chi connectivity index (χ0v) is 13.1. The van der Waals surface area contributed by atoms with Gasteiger partial charge in [-0.3, -0.25) is 0 Å². The van der Waals surface area contributed by atoms with Gasteiger partial charge >= 0.3 is 0 Å². The third-order valence-corrected chi connectivity index (χ3v) is 7.22. The van der Waals surface area contributed by atoms with Crippen LogP contribution >= 0.6 is 0 Å². The summed E-state index contributed by atoms with van der Waals surface area (Å²) >= 11 is 0. The molecule has 2 rings (SSSR count). The maximum Gasteiger partial charge on any atom is 0.154 e. The molecule has 0 aliphatic heterocycles. The van der Waals surface area contributed by atoms with Crippen LogP contribution in [0, 0.1) is 5.92 Å². The number of rotatable bonds is 5. The van der Waals surface area contributed by atoms with Crippen molar-refractivity contribution in [1.82, 2.24) is 5.32 Å². The maximum absolute atomic E-state index is 12.3. The standard InChI is InChI=1S/C15H29NO2S/c1-13-7-5-6-10-15(13)16-11-12-19(17,18)14-8-3-2-4-9-14/h13-16H,2-12H2,1H3. The van der Waals surface area contributed by atoms with Crippen LogP contribution in [-0.2, 0) is 9.84 Å². The van der Waals surface area contributed by atoms with E-state index >= 15 is 0 Å². The molecule has 2 saturated carbocycles. The SMILES string of the molecule is CC1CCCCC1NCCS(=O)(=O)C1CCCCC1. The first-order chi connectivity index (χ1) is 9.09. The van der Waals surface area contributed by atoms with Gasteiger partial charge in [0.05, 0.1) is 11.0 Å². The fourth-order valence-electron chi connectivity index (χ4n) is 3.60. The largest absolute Gasteiger partial charge is 0.313 e. The Hall–Kier alpha value is -0.0900. The van der Waals surface area contributed by atoms with Crippen LogP contribution in [0.15, 0.2) is 0 Å². The number of sulfone groups is 1. The average molecular weight is 287 g/mol. The van der Waals surface area contributed by atoms with Crippen molar-refractivity contribution < 1.29 is 8.42 Å². The van der Waals surface area contributed by atoms with Crippen LogP contribution in [0.2, 0.25) is 0 Å².